The minimum Gasteiger partial charge on any atom is -0.369 e. The van der Waals surface area contributed by atoms with Gasteiger partial charge in [0, 0.05) is 28.8 Å². The Balaban J connectivity index is 1.35. The van der Waals surface area contributed by atoms with Crippen molar-refractivity contribution in [1.82, 2.24) is 24.9 Å². The van der Waals surface area contributed by atoms with Crippen LogP contribution in [0.4, 0.5) is 17.5 Å². The van der Waals surface area contributed by atoms with Crippen LogP contribution in [0.3, 0.4) is 0 Å². The van der Waals surface area contributed by atoms with Crippen molar-refractivity contribution >= 4 is 45.4 Å². The number of rotatable bonds is 5. The predicted molar refractivity (Wildman–Crippen MR) is 114 cm³/mol. The molecule has 2 aliphatic carbocycles. The van der Waals surface area contributed by atoms with Gasteiger partial charge in [-0.15, -0.1) is 0 Å². The molecule has 3 heterocycles. The number of nitrogens with zero attached hydrogens (tertiary/aromatic N) is 3. The van der Waals surface area contributed by atoms with Crippen LogP contribution in [-0.4, -0.2) is 36.9 Å². The summed E-state index contributed by atoms with van der Waals surface area (Å²) in [4.78, 5) is 31.9. The first kappa shape index (κ1) is 17.0. The molecule has 6 rings (SSSR count). The monoisotopic (exact) mass is 400 g/mol. The summed E-state index contributed by atoms with van der Waals surface area (Å²) in [5.74, 6) is 0.960. The Labute approximate surface area is 171 Å². The van der Waals surface area contributed by atoms with Crippen molar-refractivity contribution in [2.45, 2.75) is 12.5 Å². The third kappa shape index (κ3) is 2.62. The zero-order chi connectivity index (χ0) is 20.2. The number of amides is 1. The molecule has 0 unspecified atom stereocenters. The Morgan fingerprint density at radius 2 is 2.03 bits per heavy atom. The van der Waals surface area contributed by atoms with E-state index in [0.717, 1.165) is 23.0 Å². The molecule has 0 aliphatic heterocycles. The number of aromatic nitrogens is 5. The number of fused-ring (bicyclic) bond motifs is 4. The molecule has 1 saturated carbocycles. The van der Waals surface area contributed by atoms with Crippen molar-refractivity contribution in [3.05, 3.63) is 48.9 Å². The Hall–Kier alpha value is -3.88. The Kier molecular flexibility index (Phi) is 3.58. The number of anilines is 3. The first-order valence-electron chi connectivity index (χ1n) is 9.95. The van der Waals surface area contributed by atoms with Gasteiger partial charge in [0.05, 0.1) is 12.2 Å². The molecular formula is C21H20N8O. The van der Waals surface area contributed by atoms with E-state index in [1.165, 1.54) is 0 Å². The topological polar surface area (TPSA) is 137 Å². The summed E-state index contributed by atoms with van der Waals surface area (Å²) < 4.78 is 0. The second-order valence-electron chi connectivity index (χ2n) is 7.95. The minimum absolute atomic E-state index is 0.0945. The van der Waals surface area contributed by atoms with Crippen molar-refractivity contribution in [2.75, 3.05) is 10.6 Å². The maximum atomic E-state index is 12.1. The quantitative estimate of drug-likeness (QED) is 0.327. The van der Waals surface area contributed by atoms with Gasteiger partial charge < -0.3 is 26.3 Å². The van der Waals surface area contributed by atoms with Crippen LogP contribution >= 0.6 is 0 Å². The number of primary amides is 1. The Morgan fingerprint density at radius 1 is 1.13 bits per heavy atom. The van der Waals surface area contributed by atoms with E-state index < -0.39 is 0 Å². The van der Waals surface area contributed by atoms with E-state index in [0.29, 0.717) is 22.9 Å². The second kappa shape index (κ2) is 6.31. The van der Waals surface area contributed by atoms with Crippen molar-refractivity contribution in [3.8, 4) is 0 Å². The van der Waals surface area contributed by atoms with Gasteiger partial charge in [-0.25, -0.2) is 4.98 Å². The number of benzene rings is 1. The highest BCUT2D eigenvalue weighted by Gasteiger charge is 2.47. The highest BCUT2D eigenvalue weighted by Crippen LogP contribution is 2.45. The van der Waals surface area contributed by atoms with Gasteiger partial charge in [-0.05, 0) is 42.5 Å². The lowest BCUT2D eigenvalue weighted by Crippen LogP contribution is -2.41. The van der Waals surface area contributed by atoms with Crippen LogP contribution in [0.5, 0.6) is 0 Å². The molecule has 150 valence electrons. The molecule has 4 aromatic rings. The van der Waals surface area contributed by atoms with Crippen LogP contribution in [0.2, 0.25) is 0 Å². The van der Waals surface area contributed by atoms with E-state index in [2.05, 4.69) is 47.7 Å². The summed E-state index contributed by atoms with van der Waals surface area (Å²) in [5, 5.41) is 7.83. The smallest absolute Gasteiger partial charge is 0.231 e. The second-order valence-corrected chi connectivity index (χ2v) is 7.95. The molecule has 1 aromatic carbocycles. The van der Waals surface area contributed by atoms with Crippen molar-refractivity contribution in [3.63, 3.8) is 0 Å². The highest BCUT2D eigenvalue weighted by atomic mass is 16.1. The van der Waals surface area contributed by atoms with Gasteiger partial charge in [0.2, 0.25) is 11.9 Å². The average molecular weight is 400 g/mol. The van der Waals surface area contributed by atoms with E-state index in [4.69, 9.17) is 5.73 Å². The normalized spacial score (nSPS) is 24.7. The summed E-state index contributed by atoms with van der Waals surface area (Å²) in [7, 11) is 0. The van der Waals surface area contributed by atoms with E-state index in [-0.39, 0.29) is 29.7 Å². The summed E-state index contributed by atoms with van der Waals surface area (Å²) >= 11 is 0. The molecule has 1 fully saturated rings. The molecule has 2 bridgehead atoms. The number of nitrogens with two attached hydrogens (primary N) is 1. The van der Waals surface area contributed by atoms with E-state index in [9.17, 15) is 4.79 Å². The summed E-state index contributed by atoms with van der Waals surface area (Å²) in [6.07, 6.45) is 8.70. The number of imidazole rings is 1. The van der Waals surface area contributed by atoms with Gasteiger partial charge in [-0.2, -0.15) is 9.97 Å². The molecule has 9 nitrogen and oxygen atoms in total. The van der Waals surface area contributed by atoms with Crippen LogP contribution in [0.1, 0.15) is 6.42 Å². The number of carbonyl (C=O) groups is 1. The summed E-state index contributed by atoms with van der Waals surface area (Å²) in [5.41, 5.74) is 8.90. The molecule has 1 amide bonds. The molecule has 0 saturated heterocycles. The zero-order valence-electron chi connectivity index (χ0n) is 16.0. The molecule has 3 aromatic heterocycles. The lowest BCUT2D eigenvalue weighted by atomic mass is 9.88. The fourth-order valence-electron chi connectivity index (χ4n) is 4.82. The molecular weight excluding hydrogens is 380 g/mol. The summed E-state index contributed by atoms with van der Waals surface area (Å²) in [6.45, 7) is 0. The van der Waals surface area contributed by atoms with Gasteiger partial charge >= 0.3 is 0 Å². The number of nitrogens with one attached hydrogen (secondary N) is 4. The van der Waals surface area contributed by atoms with E-state index in [1.807, 2.05) is 30.5 Å². The molecule has 6 N–H and O–H groups in total. The molecule has 0 spiro atoms. The van der Waals surface area contributed by atoms with Gasteiger partial charge in [-0.3, -0.25) is 4.79 Å². The van der Waals surface area contributed by atoms with Crippen LogP contribution in [0.15, 0.2) is 48.9 Å². The largest absolute Gasteiger partial charge is 0.369 e. The third-order valence-corrected chi connectivity index (χ3v) is 6.19. The minimum atomic E-state index is -0.280. The molecule has 0 radical (unpaired) electrons. The van der Waals surface area contributed by atoms with E-state index in [1.54, 1.807) is 6.33 Å². The predicted octanol–water partition coefficient (Wildman–Crippen LogP) is 2.67. The Bertz CT molecular complexity index is 1300. The van der Waals surface area contributed by atoms with Crippen molar-refractivity contribution in [1.29, 1.82) is 0 Å². The maximum absolute atomic E-state index is 12.1. The van der Waals surface area contributed by atoms with Crippen LogP contribution < -0.4 is 16.4 Å². The van der Waals surface area contributed by atoms with Crippen LogP contribution in [0.25, 0.3) is 22.1 Å². The first-order chi connectivity index (χ1) is 14.7. The SMILES string of the molecule is NC(=O)[C@@H]1[C@H](Nc2nc(Nc3ccc4[nH]ccc4c3)nc3nc[nH]c23)[C@@H]2C=C[C@H]1C2. The molecule has 2 aliphatic rings. The van der Waals surface area contributed by atoms with Crippen molar-refractivity contribution in [2.24, 2.45) is 23.5 Å². The van der Waals surface area contributed by atoms with Gasteiger partial charge in [-0.1, -0.05) is 12.2 Å². The van der Waals surface area contributed by atoms with Gasteiger partial charge in [0.1, 0.15) is 5.52 Å². The number of hydrogen-bond acceptors (Lipinski definition) is 6. The van der Waals surface area contributed by atoms with Crippen LogP contribution in [-0.2, 0) is 4.79 Å². The Morgan fingerprint density at radius 3 is 2.93 bits per heavy atom. The fraction of sp³-hybridized carbons (Fsp3) is 0.238. The van der Waals surface area contributed by atoms with Crippen LogP contribution in [0, 0.1) is 17.8 Å². The molecule has 30 heavy (non-hydrogen) atoms. The molecule has 4 atom stereocenters. The number of H-pyrrole nitrogens is 2. The number of hydrogen-bond donors (Lipinski definition) is 5. The number of aromatic amines is 2. The zero-order valence-corrected chi connectivity index (χ0v) is 16.0. The van der Waals surface area contributed by atoms with E-state index >= 15 is 0 Å². The standard InChI is InChI=1S/C21H20N8O/c22-18(30)15-11-1-2-12(7-11)16(15)27-20-17-19(25-9-24-17)28-21(29-20)26-13-3-4-14-10(8-13)5-6-23-14/h1-6,8-9,11-12,15-16,23H,7H2,(H2,22,30)(H3,24,25,26,27,28,29)/t11-,12+,15-,16+/m0/s1. The lowest BCUT2D eigenvalue weighted by Gasteiger charge is -2.27. The molecule has 9 heteroatoms. The van der Waals surface area contributed by atoms with Gasteiger partial charge in [0.15, 0.2) is 11.5 Å². The van der Waals surface area contributed by atoms with Gasteiger partial charge in [0.25, 0.3) is 0 Å². The maximum Gasteiger partial charge on any atom is 0.231 e. The number of allylic oxidation sites excluding steroid dienone is 1. The summed E-state index contributed by atoms with van der Waals surface area (Å²) in [6, 6.07) is 7.92. The lowest BCUT2D eigenvalue weighted by molar-refractivity contribution is -0.122. The first-order valence-corrected chi connectivity index (χ1v) is 9.95. The highest BCUT2D eigenvalue weighted by molar-refractivity contribution is 5.87. The third-order valence-electron chi connectivity index (χ3n) is 6.19. The van der Waals surface area contributed by atoms with Crippen molar-refractivity contribution < 1.29 is 4.79 Å². The average Bonchev–Trinajstić information content (AvgIpc) is 3.50. The fourth-order valence-corrected chi connectivity index (χ4v) is 4.82. The number of carbonyl (C=O) groups excluding carboxylic acids is 1.